The number of hydrogen-bond donors (Lipinski definition) is 0. The minimum atomic E-state index is 0.386. The van der Waals surface area contributed by atoms with Gasteiger partial charge in [0.05, 0.1) is 13.7 Å². The van der Waals surface area contributed by atoms with E-state index in [0.717, 1.165) is 36.0 Å². The number of anilines is 1. The van der Waals surface area contributed by atoms with Crippen LogP contribution in [0.15, 0.2) is 30.5 Å². The molecule has 5 nitrogen and oxygen atoms in total. The number of fused-ring (bicyclic) bond motifs is 1. The lowest BCUT2D eigenvalue weighted by molar-refractivity contribution is 0.209. The van der Waals surface area contributed by atoms with Crippen LogP contribution in [-0.4, -0.2) is 37.8 Å². The third-order valence-electron chi connectivity index (χ3n) is 3.87. The third kappa shape index (κ3) is 2.98. The predicted molar refractivity (Wildman–Crippen MR) is 85.7 cm³/mol. The lowest BCUT2D eigenvalue weighted by Gasteiger charge is -2.26. The third-order valence-corrected chi connectivity index (χ3v) is 3.87. The quantitative estimate of drug-likeness (QED) is 0.867. The van der Waals surface area contributed by atoms with Crippen molar-refractivity contribution in [2.24, 2.45) is 5.92 Å². The summed E-state index contributed by atoms with van der Waals surface area (Å²) in [5.41, 5.74) is 1.19. The molecule has 0 fully saturated rings. The van der Waals surface area contributed by atoms with E-state index in [1.54, 1.807) is 7.11 Å². The summed E-state index contributed by atoms with van der Waals surface area (Å²) in [5, 5.41) is 0. The Bertz CT molecular complexity index is 658. The first kappa shape index (κ1) is 14.6. The SMILES string of the molecule is COc1cccc2c1OC[C@@H](Cc1nccc(N(C)C)n1)C2. The van der Waals surface area contributed by atoms with E-state index in [-0.39, 0.29) is 0 Å². The number of hydrogen-bond acceptors (Lipinski definition) is 5. The van der Waals surface area contributed by atoms with E-state index in [9.17, 15) is 0 Å². The molecule has 116 valence electrons. The molecule has 2 heterocycles. The van der Waals surface area contributed by atoms with Crippen LogP contribution in [0.5, 0.6) is 11.5 Å². The first-order valence-corrected chi connectivity index (χ1v) is 7.45. The topological polar surface area (TPSA) is 47.5 Å². The van der Waals surface area contributed by atoms with Crippen LogP contribution >= 0.6 is 0 Å². The lowest BCUT2D eigenvalue weighted by atomic mass is 9.93. The second kappa shape index (κ2) is 6.22. The Morgan fingerprint density at radius 1 is 1.32 bits per heavy atom. The fourth-order valence-corrected chi connectivity index (χ4v) is 2.74. The van der Waals surface area contributed by atoms with Crippen LogP contribution in [0.1, 0.15) is 11.4 Å². The number of ether oxygens (including phenoxy) is 2. The van der Waals surface area contributed by atoms with Gasteiger partial charge < -0.3 is 14.4 Å². The Hall–Kier alpha value is -2.30. The monoisotopic (exact) mass is 299 g/mol. The van der Waals surface area contributed by atoms with Crippen LogP contribution < -0.4 is 14.4 Å². The summed E-state index contributed by atoms with van der Waals surface area (Å²) in [5.74, 6) is 3.87. The molecule has 1 aliphatic heterocycles. The van der Waals surface area contributed by atoms with Crippen LogP contribution in [0, 0.1) is 5.92 Å². The summed E-state index contributed by atoms with van der Waals surface area (Å²) in [6, 6.07) is 7.96. The Kier molecular flexibility index (Phi) is 4.13. The highest BCUT2D eigenvalue weighted by Gasteiger charge is 2.23. The minimum Gasteiger partial charge on any atom is -0.493 e. The van der Waals surface area contributed by atoms with Gasteiger partial charge in [-0.25, -0.2) is 9.97 Å². The van der Waals surface area contributed by atoms with Crippen molar-refractivity contribution in [3.8, 4) is 11.5 Å². The second-order valence-corrected chi connectivity index (χ2v) is 5.76. The van der Waals surface area contributed by atoms with E-state index >= 15 is 0 Å². The summed E-state index contributed by atoms with van der Waals surface area (Å²) in [6.45, 7) is 0.670. The molecule has 1 aromatic carbocycles. The maximum absolute atomic E-state index is 5.92. The van der Waals surface area contributed by atoms with E-state index in [4.69, 9.17) is 9.47 Å². The van der Waals surface area contributed by atoms with Crippen LogP contribution in [0.2, 0.25) is 0 Å². The predicted octanol–water partition coefficient (Wildman–Crippen LogP) is 2.35. The van der Waals surface area contributed by atoms with Gasteiger partial charge in [-0.05, 0) is 24.1 Å². The second-order valence-electron chi connectivity index (χ2n) is 5.76. The van der Waals surface area contributed by atoms with E-state index in [1.165, 1.54) is 5.56 Å². The number of rotatable bonds is 4. The van der Waals surface area contributed by atoms with Crippen molar-refractivity contribution in [2.75, 3.05) is 32.7 Å². The molecule has 5 heteroatoms. The molecule has 1 atom stereocenters. The van der Waals surface area contributed by atoms with Gasteiger partial charge in [-0.1, -0.05) is 12.1 Å². The number of para-hydroxylation sites is 1. The largest absolute Gasteiger partial charge is 0.493 e. The molecular formula is C17H21N3O2. The van der Waals surface area contributed by atoms with Gasteiger partial charge in [0.15, 0.2) is 11.5 Å². The number of nitrogens with zero attached hydrogens (tertiary/aromatic N) is 3. The average molecular weight is 299 g/mol. The smallest absolute Gasteiger partial charge is 0.164 e. The number of aromatic nitrogens is 2. The van der Waals surface area contributed by atoms with Crippen LogP contribution in [0.3, 0.4) is 0 Å². The standard InChI is InChI=1S/C17H21N3O2/c1-20(2)16-7-8-18-15(19-16)10-12-9-13-5-4-6-14(21-3)17(13)22-11-12/h4-8,12H,9-11H2,1-3H3/t12-/m1/s1. The summed E-state index contributed by atoms with van der Waals surface area (Å²) < 4.78 is 11.3. The normalized spacial score (nSPS) is 16.6. The Morgan fingerprint density at radius 2 is 2.18 bits per heavy atom. The van der Waals surface area contributed by atoms with Crippen LogP contribution in [0.4, 0.5) is 5.82 Å². The molecule has 0 radical (unpaired) electrons. The molecule has 0 saturated heterocycles. The Labute approximate surface area is 130 Å². The number of methoxy groups -OCH3 is 1. The highest BCUT2D eigenvalue weighted by molar-refractivity contribution is 5.47. The molecule has 1 aromatic heterocycles. The molecule has 0 bridgehead atoms. The van der Waals surface area contributed by atoms with Gasteiger partial charge in [-0.15, -0.1) is 0 Å². The molecule has 2 aromatic rings. The van der Waals surface area contributed by atoms with Gasteiger partial charge in [-0.2, -0.15) is 0 Å². The van der Waals surface area contributed by atoms with Gasteiger partial charge in [0, 0.05) is 32.6 Å². The first-order chi connectivity index (χ1) is 10.7. The molecule has 0 saturated carbocycles. The molecule has 0 spiro atoms. The van der Waals surface area contributed by atoms with Crippen molar-refractivity contribution < 1.29 is 9.47 Å². The molecule has 22 heavy (non-hydrogen) atoms. The van der Waals surface area contributed by atoms with Crippen molar-refractivity contribution in [1.29, 1.82) is 0 Å². The minimum absolute atomic E-state index is 0.386. The van der Waals surface area contributed by atoms with Crippen molar-refractivity contribution in [2.45, 2.75) is 12.8 Å². The highest BCUT2D eigenvalue weighted by atomic mass is 16.5. The van der Waals surface area contributed by atoms with Crippen LogP contribution in [-0.2, 0) is 12.8 Å². The average Bonchev–Trinajstić information content (AvgIpc) is 2.54. The maximum Gasteiger partial charge on any atom is 0.164 e. The Balaban J connectivity index is 1.74. The van der Waals surface area contributed by atoms with Crippen molar-refractivity contribution in [3.05, 3.63) is 41.9 Å². The fourth-order valence-electron chi connectivity index (χ4n) is 2.74. The van der Waals surface area contributed by atoms with Gasteiger partial charge in [0.25, 0.3) is 0 Å². The summed E-state index contributed by atoms with van der Waals surface area (Å²) in [6.07, 6.45) is 3.60. The van der Waals surface area contributed by atoms with Crippen LogP contribution in [0.25, 0.3) is 0 Å². The highest BCUT2D eigenvalue weighted by Crippen LogP contribution is 2.36. The molecule has 0 aliphatic carbocycles. The van der Waals surface area contributed by atoms with Crippen molar-refractivity contribution >= 4 is 5.82 Å². The van der Waals surface area contributed by atoms with E-state index in [0.29, 0.717) is 12.5 Å². The summed E-state index contributed by atoms with van der Waals surface area (Å²) in [7, 11) is 5.64. The fraction of sp³-hybridized carbons (Fsp3) is 0.412. The van der Waals surface area contributed by atoms with E-state index in [2.05, 4.69) is 16.0 Å². The van der Waals surface area contributed by atoms with Gasteiger partial charge in [0.1, 0.15) is 11.6 Å². The van der Waals surface area contributed by atoms with Gasteiger partial charge >= 0.3 is 0 Å². The zero-order chi connectivity index (χ0) is 15.5. The molecule has 0 amide bonds. The molecule has 0 unspecified atom stereocenters. The van der Waals surface area contributed by atoms with Gasteiger partial charge in [-0.3, -0.25) is 0 Å². The van der Waals surface area contributed by atoms with Crippen molar-refractivity contribution in [3.63, 3.8) is 0 Å². The lowest BCUT2D eigenvalue weighted by Crippen LogP contribution is -2.24. The molecule has 3 rings (SSSR count). The summed E-state index contributed by atoms with van der Waals surface area (Å²) in [4.78, 5) is 11.0. The Morgan fingerprint density at radius 3 is 2.95 bits per heavy atom. The first-order valence-electron chi connectivity index (χ1n) is 7.45. The molecular weight excluding hydrogens is 278 g/mol. The van der Waals surface area contributed by atoms with E-state index < -0.39 is 0 Å². The molecule has 1 aliphatic rings. The number of benzene rings is 1. The molecule has 0 N–H and O–H groups in total. The van der Waals surface area contributed by atoms with E-state index in [1.807, 2.05) is 43.4 Å². The zero-order valence-corrected chi connectivity index (χ0v) is 13.2. The maximum atomic E-state index is 5.92. The van der Waals surface area contributed by atoms with Crippen molar-refractivity contribution in [1.82, 2.24) is 9.97 Å². The summed E-state index contributed by atoms with van der Waals surface area (Å²) >= 11 is 0. The zero-order valence-electron chi connectivity index (χ0n) is 13.2. The van der Waals surface area contributed by atoms with Gasteiger partial charge in [0.2, 0.25) is 0 Å².